The van der Waals surface area contributed by atoms with Crippen molar-refractivity contribution >= 4 is 27.5 Å². The molecule has 1 nitrogen and oxygen atoms in total. The molecule has 0 bridgehead atoms. The largest absolute Gasteiger partial charge is 0.328 e. The van der Waals surface area contributed by atoms with Gasteiger partial charge in [0.1, 0.15) is 0 Å². The molecule has 1 saturated carbocycles. The fourth-order valence-corrected chi connectivity index (χ4v) is 2.44. The van der Waals surface area contributed by atoms with Crippen LogP contribution in [-0.4, -0.2) is 6.04 Å². The SMILES string of the molecule is CC(N)C1CC1c1ccc(Cl)c(Br)c1. The predicted octanol–water partition coefficient (Wildman–Crippen LogP) is 3.55. The van der Waals surface area contributed by atoms with E-state index >= 15 is 0 Å². The molecule has 1 fully saturated rings. The second-order valence-electron chi connectivity index (χ2n) is 4.04. The molecule has 3 heteroatoms. The minimum atomic E-state index is 0.300. The average molecular weight is 275 g/mol. The van der Waals surface area contributed by atoms with Gasteiger partial charge in [-0.3, -0.25) is 0 Å². The number of benzene rings is 1. The first-order valence-corrected chi connectivity index (χ1v) is 5.97. The molecule has 2 rings (SSSR count). The summed E-state index contributed by atoms with van der Waals surface area (Å²) >= 11 is 9.37. The van der Waals surface area contributed by atoms with Gasteiger partial charge < -0.3 is 5.73 Å². The molecule has 0 saturated heterocycles. The molecule has 2 N–H and O–H groups in total. The van der Waals surface area contributed by atoms with Gasteiger partial charge in [0, 0.05) is 10.5 Å². The van der Waals surface area contributed by atoms with Crippen LogP contribution in [0.5, 0.6) is 0 Å². The lowest BCUT2D eigenvalue weighted by molar-refractivity contribution is 0.631. The van der Waals surface area contributed by atoms with Crippen LogP contribution in [0.1, 0.15) is 24.8 Å². The summed E-state index contributed by atoms with van der Waals surface area (Å²) in [6, 6.07) is 6.45. The Morgan fingerprint density at radius 3 is 2.79 bits per heavy atom. The molecule has 14 heavy (non-hydrogen) atoms. The van der Waals surface area contributed by atoms with Crippen LogP contribution >= 0.6 is 27.5 Å². The van der Waals surface area contributed by atoms with Crippen molar-refractivity contribution in [3.05, 3.63) is 33.3 Å². The second kappa shape index (κ2) is 3.84. The summed E-state index contributed by atoms with van der Waals surface area (Å²) in [5.74, 6) is 1.30. The predicted molar refractivity (Wildman–Crippen MR) is 63.6 cm³/mol. The normalized spacial score (nSPS) is 27.4. The van der Waals surface area contributed by atoms with Crippen molar-refractivity contribution < 1.29 is 0 Å². The molecule has 76 valence electrons. The van der Waals surface area contributed by atoms with Crippen LogP contribution in [-0.2, 0) is 0 Å². The Balaban J connectivity index is 2.16. The van der Waals surface area contributed by atoms with Crippen molar-refractivity contribution in [2.45, 2.75) is 25.3 Å². The van der Waals surface area contributed by atoms with E-state index < -0.39 is 0 Å². The topological polar surface area (TPSA) is 26.0 Å². The van der Waals surface area contributed by atoms with Crippen LogP contribution in [0.4, 0.5) is 0 Å². The molecule has 1 aromatic carbocycles. The Bertz CT molecular complexity index is 351. The van der Waals surface area contributed by atoms with Crippen LogP contribution in [0.2, 0.25) is 5.02 Å². The van der Waals surface area contributed by atoms with E-state index in [1.54, 1.807) is 0 Å². The van der Waals surface area contributed by atoms with Crippen LogP contribution in [0.15, 0.2) is 22.7 Å². The molecular formula is C11H13BrClN. The first-order valence-electron chi connectivity index (χ1n) is 4.80. The van der Waals surface area contributed by atoms with Crippen molar-refractivity contribution in [3.63, 3.8) is 0 Å². The Labute approximate surface area is 97.8 Å². The maximum Gasteiger partial charge on any atom is 0.0548 e. The highest BCUT2D eigenvalue weighted by Gasteiger charge is 2.40. The summed E-state index contributed by atoms with van der Waals surface area (Å²) in [5, 5.41) is 0.770. The number of halogens is 2. The van der Waals surface area contributed by atoms with Gasteiger partial charge in [-0.1, -0.05) is 17.7 Å². The van der Waals surface area contributed by atoms with E-state index in [9.17, 15) is 0 Å². The van der Waals surface area contributed by atoms with E-state index in [4.69, 9.17) is 17.3 Å². The number of hydrogen-bond donors (Lipinski definition) is 1. The van der Waals surface area contributed by atoms with Crippen molar-refractivity contribution in [2.24, 2.45) is 11.7 Å². The molecule has 1 aliphatic rings. The lowest BCUT2D eigenvalue weighted by atomic mass is 10.1. The van der Waals surface area contributed by atoms with Gasteiger partial charge in [-0.15, -0.1) is 0 Å². The fourth-order valence-electron chi connectivity index (χ4n) is 1.92. The van der Waals surface area contributed by atoms with Gasteiger partial charge in [0.25, 0.3) is 0 Å². The highest BCUT2D eigenvalue weighted by molar-refractivity contribution is 9.10. The first kappa shape index (κ1) is 10.5. The highest BCUT2D eigenvalue weighted by Crippen LogP contribution is 2.49. The van der Waals surface area contributed by atoms with Gasteiger partial charge in [0.15, 0.2) is 0 Å². The minimum absolute atomic E-state index is 0.300. The average Bonchev–Trinajstić information content (AvgIpc) is 2.89. The van der Waals surface area contributed by atoms with Crippen molar-refractivity contribution in [1.82, 2.24) is 0 Å². The lowest BCUT2D eigenvalue weighted by Gasteiger charge is -2.05. The summed E-state index contributed by atoms with van der Waals surface area (Å²) in [4.78, 5) is 0. The third-order valence-corrected chi connectivity index (χ3v) is 4.10. The molecule has 1 aromatic rings. The zero-order valence-corrected chi connectivity index (χ0v) is 10.3. The van der Waals surface area contributed by atoms with E-state index in [0.717, 1.165) is 9.50 Å². The molecule has 1 aliphatic carbocycles. The maximum atomic E-state index is 5.93. The molecule has 0 aliphatic heterocycles. The quantitative estimate of drug-likeness (QED) is 0.877. The molecule has 0 aromatic heterocycles. The smallest absolute Gasteiger partial charge is 0.0548 e. The van der Waals surface area contributed by atoms with Crippen molar-refractivity contribution in [3.8, 4) is 0 Å². The van der Waals surface area contributed by atoms with E-state index in [-0.39, 0.29) is 0 Å². The van der Waals surface area contributed by atoms with Crippen LogP contribution < -0.4 is 5.73 Å². The Kier molecular flexibility index (Phi) is 2.87. The molecular weight excluding hydrogens is 261 g/mol. The third-order valence-electron chi connectivity index (χ3n) is 2.89. The fraction of sp³-hybridized carbons (Fsp3) is 0.455. The van der Waals surface area contributed by atoms with Gasteiger partial charge >= 0.3 is 0 Å². The number of nitrogens with two attached hydrogens (primary N) is 1. The summed E-state index contributed by atoms with van der Waals surface area (Å²) in [7, 11) is 0. The Hall–Kier alpha value is -0.0500. The van der Waals surface area contributed by atoms with Crippen LogP contribution in [0, 0.1) is 5.92 Å². The van der Waals surface area contributed by atoms with Gasteiger partial charge in [-0.2, -0.15) is 0 Å². The molecule has 0 radical (unpaired) electrons. The van der Waals surface area contributed by atoms with Crippen molar-refractivity contribution in [2.75, 3.05) is 0 Å². The van der Waals surface area contributed by atoms with E-state index in [2.05, 4.69) is 35.0 Å². The number of rotatable bonds is 2. The van der Waals surface area contributed by atoms with Crippen LogP contribution in [0.25, 0.3) is 0 Å². The zero-order valence-electron chi connectivity index (χ0n) is 8.00. The summed E-state index contributed by atoms with van der Waals surface area (Å²) in [6.07, 6.45) is 1.21. The van der Waals surface area contributed by atoms with Gasteiger partial charge in [-0.05, 0) is 58.8 Å². The Morgan fingerprint density at radius 2 is 2.29 bits per heavy atom. The third kappa shape index (κ3) is 1.97. The van der Waals surface area contributed by atoms with E-state index in [1.807, 2.05) is 6.07 Å². The standard InChI is InChI=1S/C11H13BrClN/c1-6(14)8-5-9(8)7-2-3-11(13)10(12)4-7/h2-4,6,8-9H,5,14H2,1H3. The zero-order chi connectivity index (χ0) is 10.3. The monoisotopic (exact) mass is 273 g/mol. The second-order valence-corrected chi connectivity index (χ2v) is 5.30. The summed E-state index contributed by atoms with van der Waals surface area (Å²) in [5.41, 5.74) is 7.21. The first-order chi connectivity index (χ1) is 6.59. The Morgan fingerprint density at radius 1 is 1.57 bits per heavy atom. The van der Waals surface area contributed by atoms with Gasteiger partial charge in [0.2, 0.25) is 0 Å². The highest BCUT2D eigenvalue weighted by atomic mass is 79.9. The molecule has 3 atom stereocenters. The van der Waals surface area contributed by atoms with Crippen LogP contribution in [0.3, 0.4) is 0 Å². The lowest BCUT2D eigenvalue weighted by Crippen LogP contribution is -2.17. The minimum Gasteiger partial charge on any atom is -0.328 e. The maximum absolute atomic E-state index is 5.93. The molecule has 3 unspecified atom stereocenters. The van der Waals surface area contributed by atoms with Gasteiger partial charge in [0.05, 0.1) is 5.02 Å². The van der Waals surface area contributed by atoms with E-state index in [1.165, 1.54) is 12.0 Å². The summed E-state index contributed by atoms with van der Waals surface area (Å²) < 4.78 is 0.979. The van der Waals surface area contributed by atoms with Gasteiger partial charge in [-0.25, -0.2) is 0 Å². The van der Waals surface area contributed by atoms with Crippen molar-refractivity contribution in [1.29, 1.82) is 0 Å². The van der Waals surface area contributed by atoms with E-state index in [0.29, 0.717) is 17.9 Å². The number of hydrogen-bond acceptors (Lipinski definition) is 1. The molecule has 0 heterocycles. The molecule has 0 amide bonds. The molecule has 0 spiro atoms. The summed E-state index contributed by atoms with van der Waals surface area (Å²) in [6.45, 7) is 2.08.